The van der Waals surface area contributed by atoms with Crippen molar-refractivity contribution < 1.29 is 25.2 Å². The van der Waals surface area contributed by atoms with Crippen LogP contribution in [0.25, 0.3) is 0 Å². The van der Waals surface area contributed by atoms with Crippen LogP contribution in [0, 0.1) is 0 Å². The number of aromatic nitrogens is 2. The zero-order valence-corrected chi connectivity index (χ0v) is 10.3. The molecule has 2 heterocycles. The third-order valence-electron chi connectivity index (χ3n) is 3.18. The van der Waals surface area contributed by atoms with E-state index in [0.717, 1.165) is 0 Å². The Morgan fingerprint density at radius 1 is 1.20 bits per heavy atom. The number of rotatable bonds is 2. The van der Waals surface area contributed by atoms with Crippen molar-refractivity contribution in [3.8, 4) is 0 Å². The normalized spacial score (nSPS) is 34.1. The van der Waals surface area contributed by atoms with Gasteiger partial charge in [0.25, 0.3) is 5.56 Å². The number of nitrogens with zero attached hydrogens (tertiary/aromatic N) is 1. The van der Waals surface area contributed by atoms with Crippen molar-refractivity contribution in [2.45, 2.75) is 30.5 Å². The molecule has 20 heavy (non-hydrogen) atoms. The Balaban J connectivity index is 2.44. The van der Waals surface area contributed by atoms with Gasteiger partial charge in [-0.3, -0.25) is 9.78 Å². The predicted molar refractivity (Wildman–Crippen MR) is 66.4 cm³/mol. The van der Waals surface area contributed by atoms with E-state index in [-0.39, 0.29) is 17.3 Å². The second-order valence-electron chi connectivity index (χ2n) is 4.50. The number of ether oxygens (including phenoxy) is 1. The number of nitrogens with one attached hydrogen (secondary N) is 1. The summed E-state index contributed by atoms with van der Waals surface area (Å²) in [5.74, 6) is -0.476. The van der Waals surface area contributed by atoms with E-state index in [2.05, 4.69) is 9.97 Å². The molecular formula is C10H16N4O6. The van der Waals surface area contributed by atoms with E-state index in [1.54, 1.807) is 0 Å². The van der Waals surface area contributed by atoms with Gasteiger partial charge in [0, 0.05) is 0 Å². The van der Waals surface area contributed by atoms with Crippen molar-refractivity contribution in [1.82, 2.24) is 9.97 Å². The minimum atomic E-state index is -1.61. The molecule has 1 saturated heterocycles. The zero-order chi connectivity index (χ0) is 15.0. The number of hydrogen-bond acceptors (Lipinski definition) is 9. The molecule has 5 unspecified atom stereocenters. The minimum Gasteiger partial charge on any atom is -0.394 e. The van der Waals surface area contributed by atoms with Gasteiger partial charge in [-0.2, -0.15) is 4.98 Å². The summed E-state index contributed by atoms with van der Waals surface area (Å²) in [7, 11) is 0. The van der Waals surface area contributed by atoms with Crippen LogP contribution >= 0.6 is 0 Å². The highest BCUT2D eigenvalue weighted by Crippen LogP contribution is 2.32. The Morgan fingerprint density at radius 2 is 1.85 bits per heavy atom. The van der Waals surface area contributed by atoms with E-state index in [0.29, 0.717) is 0 Å². The number of H-pyrrole nitrogens is 1. The lowest BCUT2D eigenvalue weighted by molar-refractivity contribution is -0.231. The van der Waals surface area contributed by atoms with Crippen molar-refractivity contribution in [1.29, 1.82) is 0 Å². The van der Waals surface area contributed by atoms with Gasteiger partial charge >= 0.3 is 0 Å². The average molecular weight is 288 g/mol. The molecule has 1 fully saturated rings. The maximum absolute atomic E-state index is 11.8. The number of nitrogens with two attached hydrogens (primary N) is 2. The number of nitrogen functional groups attached to an aromatic ring is 2. The molecule has 10 heteroatoms. The summed E-state index contributed by atoms with van der Waals surface area (Å²) in [5.41, 5.74) is 9.93. The van der Waals surface area contributed by atoms with Gasteiger partial charge in [0.1, 0.15) is 36.3 Å². The SMILES string of the molecule is Nc1nc(N)c(C2OC(CO)C(O)C(O)C2O)c(=O)[nH]1. The van der Waals surface area contributed by atoms with Crippen molar-refractivity contribution in [3.05, 3.63) is 15.9 Å². The van der Waals surface area contributed by atoms with Crippen molar-refractivity contribution in [3.63, 3.8) is 0 Å². The van der Waals surface area contributed by atoms with Crippen LogP contribution in [0.15, 0.2) is 4.79 Å². The molecular weight excluding hydrogens is 272 g/mol. The summed E-state index contributed by atoms with van der Waals surface area (Å²) in [6.45, 7) is -0.609. The van der Waals surface area contributed by atoms with Gasteiger partial charge in [-0.15, -0.1) is 0 Å². The van der Waals surface area contributed by atoms with Gasteiger partial charge < -0.3 is 36.6 Å². The largest absolute Gasteiger partial charge is 0.394 e. The third-order valence-corrected chi connectivity index (χ3v) is 3.18. The quantitative estimate of drug-likeness (QED) is 0.289. The second-order valence-corrected chi connectivity index (χ2v) is 4.50. The Hall–Kier alpha value is -1.72. The lowest BCUT2D eigenvalue weighted by Crippen LogP contribution is -2.56. The molecule has 0 bridgehead atoms. The molecule has 0 spiro atoms. The molecule has 2 rings (SSSR count). The van der Waals surface area contributed by atoms with E-state index >= 15 is 0 Å². The maximum atomic E-state index is 11.8. The first-order valence-corrected chi connectivity index (χ1v) is 5.82. The Morgan fingerprint density at radius 3 is 2.40 bits per heavy atom. The second kappa shape index (κ2) is 5.34. The fourth-order valence-electron chi connectivity index (χ4n) is 2.13. The van der Waals surface area contributed by atoms with Gasteiger partial charge in [-0.05, 0) is 0 Å². The number of aromatic amines is 1. The number of aliphatic hydroxyl groups is 4. The summed E-state index contributed by atoms with van der Waals surface area (Å²) in [6.07, 6.45) is -7.23. The Kier molecular flexibility index (Phi) is 3.92. The molecule has 0 amide bonds. The molecule has 112 valence electrons. The van der Waals surface area contributed by atoms with E-state index in [9.17, 15) is 20.1 Å². The van der Waals surface area contributed by atoms with Gasteiger partial charge in [-0.1, -0.05) is 0 Å². The molecule has 0 aromatic carbocycles. The van der Waals surface area contributed by atoms with E-state index < -0.39 is 42.7 Å². The molecule has 0 saturated carbocycles. The third kappa shape index (κ3) is 2.34. The minimum absolute atomic E-state index is 0.208. The monoisotopic (exact) mass is 288 g/mol. The van der Waals surface area contributed by atoms with Crippen LogP contribution in [0.5, 0.6) is 0 Å². The van der Waals surface area contributed by atoms with Gasteiger partial charge in [0.15, 0.2) is 0 Å². The average Bonchev–Trinajstić information content (AvgIpc) is 2.37. The Labute approximate surface area is 112 Å². The number of hydrogen-bond donors (Lipinski definition) is 7. The topological polar surface area (TPSA) is 188 Å². The summed E-state index contributed by atoms with van der Waals surface area (Å²) in [4.78, 5) is 17.7. The van der Waals surface area contributed by atoms with Crippen LogP contribution < -0.4 is 17.0 Å². The zero-order valence-electron chi connectivity index (χ0n) is 10.3. The molecule has 0 radical (unpaired) electrons. The van der Waals surface area contributed by atoms with Crippen LogP contribution in [-0.4, -0.2) is 61.4 Å². The van der Waals surface area contributed by atoms with Crippen molar-refractivity contribution in [2.24, 2.45) is 0 Å². The van der Waals surface area contributed by atoms with Crippen LogP contribution in [0.3, 0.4) is 0 Å². The van der Waals surface area contributed by atoms with Crippen LogP contribution in [0.2, 0.25) is 0 Å². The maximum Gasteiger partial charge on any atom is 0.260 e. The van der Waals surface area contributed by atoms with Gasteiger partial charge in [-0.25, -0.2) is 0 Å². The summed E-state index contributed by atoms with van der Waals surface area (Å²) >= 11 is 0. The van der Waals surface area contributed by atoms with Crippen molar-refractivity contribution in [2.75, 3.05) is 18.1 Å². The molecule has 1 aliphatic rings. The highest BCUT2D eigenvalue weighted by atomic mass is 16.5. The molecule has 0 aliphatic carbocycles. The smallest absolute Gasteiger partial charge is 0.260 e. The fraction of sp³-hybridized carbons (Fsp3) is 0.600. The van der Waals surface area contributed by atoms with E-state index in [1.807, 2.05) is 0 Å². The lowest BCUT2D eigenvalue weighted by atomic mass is 9.92. The first-order chi connectivity index (χ1) is 9.36. The molecule has 1 aromatic heterocycles. The van der Waals surface area contributed by atoms with Crippen LogP contribution in [0.4, 0.5) is 11.8 Å². The highest BCUT2D eigenvalue weighted by molar-refractivity contribution is 5.43. The van der Waals surface area contributed by atoms with Crippen LogP contribution in [0.1, 0.15) is 11.7 Å². The lowest BCUT2D eigenvalue weighted by Gasteiger charge is -2.39. The number of aliphatic hydroxyl groups excluding tert-OH is 4. The van der Waals surface area contributed by atoms with Gasteiger partial charge in [0.2, 0.25) is 5.95 Å². The van der Waals surface area contributed by atoms with Crippen molar-refractivity contribution >= 4 is 11.8 Å². The standard InChI is InChI=1S/C10H16N4O6/c11-8-3(9(19)14-10(12)13-8)7-6(18)5(17)4(16)2(1-15)20-7/h2,4-7,15-18H,1H2,(H5,11,12,13,14,19). The summed E-state index contributed by atoms with van der Waals surface area (Å²) in [5, 5.41) is 38.3. The van der Waals surface area contributed by atoms with Crippen LogP contribution in [-0.2, 0) is 4.74 Å². The molecule has 10 nitrogen and oxygen atoms in total. The van der Waals surface area contributed by atoms with E-state index in [4.69, 9.17) is 21.3 Å². The molecule has 5 atom stereocenters. The predicted octanol–water partition coefficient (Wildman–Crippen LogP) is -3.55. The summed E-state index contributed by atoms with van der Waals surface area (Å²) < 4.78 is 5.23. The summed E-state index contributed by atoms with van der Waals surface area (Å²) in [6, 6.07) is 0. The highest BCUT2D eigenvalue weighted by Gasteiger charge is 2.45. The Bertz CT molecular complexity index is 547. The first-order valence-electron chi connectivity index (χ1n) is 5.82. The molecule has 1 aromatic rings. The molecule has 9 N–H and O–H groups in total. The molecule has 1 aliphatic heterocycles. The van der Waals surface area contributed by atoms with Gasteiger partial charge in [0.05, 0.1) is 12.2 Å². The van der Waals surface area contributed by atoms with E-state index in [1.165, 1.54) is 0 Å². The fourth-order valence-corrected chi connectivity index (χ4v) is 2.13. The first kappa shape index (κ1) is 14.7. The number of anilines is 2.